The number of methoxy groups -OCH3 is 1. The van der Waals surface area contributed by atoms with Gasteiger partial charge in [-0.25, -0.2) is 14.5 Å². The molecule has 192 valence electrons. The van der Waals surface area contributed by atoms with Crippen LogP contribution >= 0.6 is 0 Å². The molecular weight excluding hydrogens is 458 g/mol. The summed E-state index contributed by atoms with van der Waals surface area (Å²) in [5.41, 5.74) is 4.94. The summed E-state index contributed by atoms with van der Waals surface area (Å²) in [6.07, 6.45) is 9.95. The van der Waals surface area contributed by atoms with E-state index in [9.17, 15) is 4.79 Å². The Labute approximate surface area is 211 Å². The number of pyridine rings is 2. The molecule has 10 nitrogen and oxygen atoms in total. The van der Waals surface area contributed by atoms with E-state index in [1.54, 1.807) is 18.0 Å². The molecule has 3 aromatic heterocycles. The Morgan fingerprint density at radius 2 is 1.97 bits per heavy atom. The second-order valence-corrected chi connectivity index (χ2v) is 9.76. The Morgan fingerprint density at radius 1 is 1.19 bits per heavy atom. The Hall–Kier alpha value is -3.50. The van der Waals surface area contributed by atoms with Gasteiger partial charge in [0.25, 0.3) is 0 Å². The fourth-order valence-corrected chi connectivity index (χ4v) is 3.98. The Kier molecular flexibility index (Phi) is 8.17. The summed E-state index contributed by atoms with van der Waals surface area (Å²) in [7, 11) is 1.71. The molecule has 2 aliphatic rings. The molecule has 1 aliphatic heterocycles. The molecule has 1 unspecified atom stereocenters. The van der Waals surface area contributed by atoms with Gasteiger partial charge < -0.3 is 25.0 Å². The monoisotopic (exact) mass is 493 g/mol. The van der Waals surface area contributed by atoms with Crippen LogP contribution in [0.2, 0.25) is 0 Å². The third-order valence-electron chi connectivity index (χ3n) is 6.16. The van der Waals surface area contributed by atoms with Crippen LogP contribution in [-0.4, -0.2) is 71.0 Å². The first-order valence-corrected chi connectivity index (χ1v) is 12.2. The van der Waals surface area contributed by atoms with Crippen molar-refractivity contribution in [3.63, 3.8) is 0 Å². The van der Waals surface area contributed by atoms with E-state index in [0.29, 0.717) is 0 Å². The molecule has 1 atom stereocenters. The smallest absolute Gasteiger partial charge is 0.207 e. The van der Waals surface area contributed by atoms with Gasteiger partial charge in [0.15, 0.2) is 5.65 Å². The SMILES string of the molecule is COC(C)(C)C.O=CNC1CC=C(c2cc(Nc3ccc(N4CCOCC4)cn3)c3ncnn3c2)C1. The highest BCUT2D eigenvalue weighted by Crippen LogP contribution is 2.31. The fraction of sp³-hybridized carbons (Fsp3) is 0.462. The minimum absolute atomic E-state index is 0.0417. The van der Waals surface area contributed by atoms with E-state index in [2.05, 4.69) is 48.8 Å². The predicted molar refractivity (Wildman–Crippen MR) is 140 cm³/mol. The van der Waals surface area contributed by atoms with Gasteiger partial charge in [-0.3, -0.25) is 4.79 Å². The van der Waals surface area contributed by atoms with Crippen molar-refractivity contribution in [2.75, 3.05) is 43.6 Å². The number of nitrogens with one attached hydrogen (secondary N) is 2. The number of rotatable bonds is 6. The van der Waals surface area contributed by atoms with E-state index >= 15 is 0 Å². The van der Waals surface area contributed by atoms with Crippen molar-refractivity contribution in [2.24, 2.45) is 0 Å². The minimum Gasteiger partial charge on any atom is -0.379 e. The number of carbonyl (C=O) groups excluding carboxylic acids is 1. The molecule has 10 heteroatoms. The maximum Gasteiger partial charge on any atom is 0.207 e. The Bertz CT molecular complexity index is 1180. The summed E-state index contributed by atoms with van der Waals surface area (Å²) in [4.78, 5) is 22.0. The van der Waals surface area contributed by atoms with Gasteiger partial charge in [-0.1, -0.05) is 6.08 Å². The predicted octanol–water partition coefficient (Wildman–Crippen LogP) is 3.43. The van der Waals surface area contributed by atoms with Gasteiger partial charge in [0.2, 0.25) is 6.41 Å². The van der Waals surface area contributed by atoms with E-state index in [1.807, 2.05) is 39.2 Å². The van der Waals surface area contributed by atoms with Crippen LogP contribution in [0.1, 0.15) is 39.2 Å². The number of hydrogen-bond acceptors (Lipinski definition) is 8. The summed E-state index contributed by atoms with van der Waals surface area (Å²) >= 11 is 0. The molecule has 5 rings (SSSR count). The molecule has 2 N–H and O–H groups in total. The topological polar surface area (TPSA) is 106 Å². The van der Waals surface area contributed by atoms with Crippen LogP contribution < -0.4 is 15.5 Å². The molecule has 1 amide bonds. The molecule has 3 aromatic rings. The van der Waals surface area contributed by atoms with Gasteiger partial charge in [-0.2, -0.15) is 5.10 Å². The molecule has 36 heavy (non-hydrogen) atoms. The van der Waals surface area contributed by atoms with Crippen molar-refractivity contribution < 1.29 is 14.3 Å². The van der Waals surface area contributed by atoms with Gasteiger partial charge in [0.05, 0.1) is 36.4 Å². The van der Waals surface area contributed by atoms with Crippen LogP contribution in [0.5, 0.6) is 0 Å². The molecule has 1 saturated heterocycles. The third-order valence-corrected chi connectivity index (χ3v) is 6.16. The number of hydrogen-bond donors (Lipinski definition) is 2. The summed E-state index contributed by atoms with van der Waals surface area (Å²) in [5, 5.41) is 10.6. The largest absolute Gasteiger partial charge is 0.379 e. The van der Waals surface area contributed by atoms with Crippen LogP contribution in [-0.2, 0) is 14.3 Å². The molecule has 4 heterocycles. The maximum atomic E-state index is 10.7. The number of carbonyl (C=O) groups is 1. The summed E-state index contributed by atoms with van der Waals surface area (Å²) in [6.45, 7) is 9.32. The highest BCUT2D eigenvalue weighted by molar-refractivity contribution is 5.79. The number of aromatic nitrogens is 4. The summed E-state index contributed by atoms with van der Waals surface area (Å²) < 4.78 is 12.1. The standard InChI is InChI=1S/C21H23N7O2.C5H12O/c29-14-24-17-2-1-15(9-17)16-10-19(21-23-13-25-28(21)12-16)26-20-4-3-18(11-22-20)27-5-7-30-8-6-27;1-5(2,3)6-4/h1,3-4,10-14,17H,2,5-9H2,(H,22,26)(H,24,29);1-4H3. The molecule has 0 spiro atoms. The quantitative estimate of drug-likeness (QED) is 0.503. The number of anilines is 3. The Morgan fingerprint density at radius 3 is 2.64 bits per heavy atom. The lowest BCUT2D eigenvalue weighted by molar-refractivity contribution is -0.110. The average Bonchev–Trinajstić information content (AvgIpc) is 3.55. The van der Waals surface area contributed by atoms with Crippen molar-refractivity contribution in [3.8, 4) is 0 Å². The summed E-state index contributed by atoms with van der Waals surface area (Å²) in [6, 6.07) is 6.26. The average molecular weight is 494 g/mol. The molecule has 0 saturated carbocycles. The first-order valence-electron chi connectivity index (χ1n) is 12.2. The highest BCUT2D eigenvalue weighted by atomic mass is 16.5. The molecule has 1 aliphatic carbocycles. The Balaban J connectivity index is 0.000000455. The number of morpholine rings is 1. The number of nitrogens with zero attached hydrogens (tertiary/aromatic N) is 5. The number of fused-ring (bicyclic) bond motifs is 1. The van der Waals surface area contributed by atoms with E-state index < -0.39 is 0 Å². The van der Waals surface area contributed by atoms with Crippen molar-refractivity contribution in [2.45, 2.75) is 45.3 Å². The fourth-order valence-electron chi connectivity index (χ4n) is 3.98. The summed E-state index contributed by atoms with van der Waals surface area (Å²) in [5.74, 6) is 0.745. The van der Waals surface area contributed by atoms with E-state index in [4.69, 9.17) is 9.47 Å². The van der Waals surface area contributed by atoms with Crippen LogP contribution in [0.4, 0.5) is 17.2 Å². The van der Waals surface area contributed by atoms with Crippen molar-refractivity contribution >= 4 is 34.8 Å². The molecule has 0 aromatic carbocycles. The second kappa shape index (κ2) is 11.5. The zero-order chi connectivity index (χ0) is 25.5. The molecule has 0 radical (unpaired) electrons. The molecular formula is C26H35N7O3. The highest BCUT2D eigenvalue weighted by Gasteiger charge is 2.19. The van der Waals surface area contributed by atoms with Crippen molar-refractivity contribution in [1.29, 1.82) is 0 Å². The van der Waals surface area contributed by atoms with Crippen molar-refractivity contribution in [1.82, 2.24) is 24.9 Å². The van der Waals surface area contributed by atoms with E-state index in [-0.39, 0.29) is 11.6 Å². The lowest BCUT2D eigenvalue weighted by Gasteiger charge is -2.28. The van der Waals surface area contributed by atoms with Crippen LogP contribution in [0.25, 0.3) is 11.2 Å². The van der Waals surface area contributed by atoms with Crippen LogP contribution in [0.3, 0.4) is 0 Å². The first-order chi connectivity index (χ1) is 17.4. The maximum absolute atomic E-state index is 10.7. The van der Waals surface area contributed by atoms with Gasteiger partial charge in [0, 0.05) is 32.4 Å². The van der Waals surface area contributed by atoms with Crippen LogP contribution in [0, 0.1) is 0 Å². The zero-order valence-electron chi connectivity index (χ0n) is 21.4. The normalized spacial score (nSPS) is 17.8. The van der Waals surface area contributed by atoms with Gasteiger partial charge in [-0.15, -0.1) is 0 Å². The minimum atomic E-state index is 0.0417. The van der Waals surface area contributed by atoms with Gasteiger partial charge >= 0.3 is 0 Å². The van der Waals surface area contributed by atoms with Gasteiger partial charge in [0.1, 0.15) is 12.1 Å². The van der Waals surface area contributed by atoms with Crippen molar-refractivity contribution in [3.05, 3.63) is 48.6 Å². The van der Waals surface area contributed by atoms with E-state index in [0.717, 1.165) is 74.0 Å². The number of amides is 1. The second-order valence-electron chi connectivity index (χ2n) is 9.76. The van der Waals surface area contributed by atoms with Gasteiger partial charge in [-0.05, 0) is 62.9 Å². The molecule has 1 fully saturated rings. The first kappa shape index (κ1) is 25.6. The van der Waals surface area contributed by atoms with E-state index in [1.165, 1.54) is 5.57 Å². The third kappa shape index (κ3) is 6.58. The lowest BCUT2D eigenvalue weighted by Crippen LogP contribution is -2.36. The lowest BCUT2D eigenvalue weighted by atomic mass is 10.1. The molecule has 0 bridgehead atoms. The number of ether oxygens (including phenoxy) is 2. The van der Waals surface area contributed by atoms with Crippen LogP contribution in [0.15, 0.2) is 43.0 Å². The zero-order valence-corrected chi connectivity index (χ0v) is 21.4.